The van der Waals surface area contributed by atoms with E-state index in [1.165, 1.54) is 44.9 Å². The second-order valence-corrected chi connectivity index (χ2v) is 8.33. The molecule has 2 N–H and O–H groups in total. The van der Waals surface area contributed by atoms with Crippen molar-refractivity contribution in [1.29, 1.82) is 0 Å². The first-order valence-electron chi connectivity index (χ1n) is 11.1. The molecule has 0 spiro atoms. The Labute approximate surface area is 171 Å². The van der Waals surface area contributed by atoms with E-state index in [1.807, 2.05) is 26.8 Å². The monoisotopic (exact) mass is 399 g/mol. The van der Waals surface area contributed by atoms with Crippen molar-refractivity contribution in [3.63, 3.8) is 0 Å². The molecule has 0 aromatic rings. The van der Waals surface area contributed by atoms with Crippen molar-refractivity contribution >= 4 is 0 Å². The quantitative estimate of drug-likeness (QED) is 0.390. The summed E-state index contributed by atoms with van der Waals surface area (Å²) in [6.07, 6.45) is 12.2. The van der Waals surface area contributed by atoms with Crippen molar-refractivity contribution in [2.75, 3.05) is 13.2 Å². The second kappa shape index (κ2) is 12.1. The molecule has 0 saturated carbocycles. The number of ether oxygens (including phenoxy) is 5. The zero-order valence-electron chi connectivity index (χ0n) is 18.2. The summed E-state index contributed by atoms with van der Waals surface area (Å²) in [5, 5.41) is 0. The van der Waals surface area contributed by atoms with Crippen LogP contribution < -0.4 is 5.73 Å². The lowest BCUT2D eigenvalue weighted by Gasteiger charge is -2.50. The Balaban J connectivity index is 1.81. The van der Waals surface area contributed by atoms with Gasteiger partial charge in [-0.25, -0.2) is 0 Å². The first kappa shape index (κ1) is 23.6. The Morgan fingerprint density at radius 1 is 1.07 bits per heavy atom. The standard InChI is InChI=1S/C22H41NO5/c1-5-7-8-9-10-11-12-13-15-24-20-18(23)21(25-14-6-2)27-17-16-26-22(3,4)28-19(17)20/h6,14,17-21H,5,7-13,15-16,23H2,1-4H3/b14-6-/t17-,18-,19-,20-,21+/m1/s1. The molecule has 6 nitrogen and oxygen atoms in total. The van der Waals surface area contributed by atoms with Crippen LogP contribution in [0.15, 0.2) is 12.3 Å². The van der Waals surface area contributed by atoms with E-state index in [9.17, 15) is 0 Å². The zero-order valence-corrected chi connectivity index (χ0v) is 18.2. The van der Waals surface area contributed by atoms with Gasteiger partial charge in [0.25, 0.3) is 0 Å². The molecule has 2 heterocycles. The summed E-state index contributed by atoms with van der Waals surface area (Å²) in [5.41, 5.74) is 6.44. The van der Waals surface area contributed by atoms with Crippen LogP contribution in [0.1, 0.15) is 79.1 Å². The average molecular weight is 400 g/mol. The summed E-state index contributed by atoms with van der Waals surface area (Å²) >= 11 is 0. The number of hydrogen-bond acceptors (Lipinski definition) is 6. The van der Waals surface area contributed by atoms with Crippen LogP contribution in [0.5, 0.6) is 0 Å². The fourth-order valence-electron chi connectivity index (χ4n) is 3.79. The molecule has 0 unspecified atom stereocenters. The lowest BCUT2D eigenvalue weighted by molar-refractivity contribution is -0.366. The Hall–Kier alpha value is -0.660. The fraction of sp³-hybridized carbons (Fsp3) is 0.909. The lowest BCUT2D eigenvalue weighted by Crippen LogP contribution is -2.67. The highest BCUT2D eigenvalue weighted by Gasteiger charge is 2.51. The second-order valence-electron chi connectivity index (χ2n) is 8.33. The van der Waals surface area contributed by atoms with Crippen molar-refractivity contribution in [2.24, 2.45) is 5.73 Å². The van der Waals surface area contributed by atoms with Crippen LogP contribution in [0.3, 0.4) is 0 Å². The van der Waals surface area contributed by atoms with Gasteiger partial charge < -0.3 is 29.4 Å². The molecule has 164 valence electrons. The minimum atomic E-state index is -0.665. The van der Waals surface area contributed by atoms with Crippen LogP contribution in [0.4, 0.5) is 0 Å². The molecule has 2 saturated heterocycles. The Kier molecular flexibility index (Phi) is 10.2. The summed E-state index contributed by atoms with van der Waals surface area (Å²) in [7, 11) is 0. The van der Waals surface area contributed by atoms with E-state index in [0.717, 1.165) is 6.42 Å². The van der Waals surface area contributed by atoms with Crippen molar-refractivity contribution in [1.82, 2.24) is 0 Å². The Morgan fingerprint density at radius 3 is 2.43 bits per heavy atom. The van der Waals surface area contributed by atoms with Gasteiger partial charge in [-0.1, -0.05) is 57.9 Å². The summed E-state index contributed by atoms with van der Waals surface area (Å²) < 4.78 is 29.7. The van der Waals surface area contributed by atoms with Gasteiger partial charge in [-0.05, 0) is 27.2 Å². The molecule has 2 rings (SSSR count). The van der Waals surface area contributed by atoms with E-state index in [-0.39, 0.29) is 18.3 Å². The molecule has 2 fully saturated rings. The largest absolute Gasteiger partial charge is 0.471 e. The summed E-state index contributed by atoms with van der Waals surface area (Å²) in [6, 6.07) is -0.416. The molecule has 0 radical (unpaired) electrons. The molecular formula is C22H41NO5. The third-order valence-corrected chi connectivity index (χ3v) is 5.36. The third-order valence-electron chi connectivity index (χ3n) is 5.36. The molecule has 2 aliphatic heterocycles. The molecule has 0 aliphatic carbocycles. The van der Waals surface area contributed by atoms with Crippen LogP contribution >= 0.6 is 0 Å². The maximum Gasteiger partial charge on any atom is 0.217 e. The van der Waals surface area contributed by atoms with E-state index in [1.54, 1.807) is 6.26 Å². The smallest absolute Gasteiger partial charge is 0.217 e. The van der Waals surface area contributed by atoms with Gasteiger partial charge >= 0.3 is 0 Å². The lowest BCUT2D eigenvalue weighted by atomic mass is 9.95. The van der Waals surface area contributed by atoms with Crippen LogP contribution in [0.2, 0.25) is 0 Å². The third kappa shape index (κ3) is 7.30. The topological polar surface area (TPSA) is 72.2 Å². The van der Waals surface area contributed by atoms with E-state index in [2.05, 4.69) is 6.92 Å². The molecule has 5 atom stereocenters. The predicted octanol–water partition coefficient (Wildman–Crippen LogP) is 4.27. The number of unbranched alkanes of at least 4 members (excludes halogenated alkanes) is 7. The Morgan fingerprint density at radius 2 is 1.75 bits per heavy atom. The highest BCUT2D eigenvalue weighted by Crippen LogP contribution is 2.33. The molecule has 6 heteroatoms. The van der Waals surface area contributed by atoms with Crippen LogP contribution in [0.25, 0.3) is 0 Å². The van der Waals surface area contributed by atoms with Gasteiger partial charge in [0.1, 0.15) is 18.3 Å². The van der Waals surface area contributed by atoms with Gasteiger partial charge in [-0.15, -0.1) is 0 Å². The number of rotatable bonds is 12. The predicted molar refractivity (Wildman–Crippen MR) is 110 cm³/mol. The molecule has 0 aromatic carbocycles. The van der Waals surface area contributed by atoms with Gasteiger partial charge in [0.2, 0.25) is 6.29 Å². The van der Waals surface area contributed by atoms with Crippen molar-refractivity contribution in [3.05, 3.63) is 12.3 Å². The normalized spacial score (nSPS) is 32.4. The molecule has 28 heavy (non-hydrogen) atoms. The number of allylic oxidation sites excluding steroid dienone is 1. The maximum absolute atomic E-state index is 6.44. The van der Waals surface area contributed by atoms with Crippen LogP contribution in [-0.4, -0.2) is 49.6 Å². The number of hydrogen-bond donors (Lipinski definition) is 1. The van der Waals surface area contributed by atoms with Crippen LogP contribution in [-0.2, 0) is 23.7 Å². The van der Waals surface area contributed by atoms with Gasteiger partial charge in [-0.2, -0.15) is 0 Å². The van der Waals surface area contributed by atoms with E-state index >= 15 is 0 Å². The molecule has 2 aliphatic rings. The summed E-state index contributed by atoms with van der Waals surface area (Å²) in [4.78, 5) is 0. The minimum Gasteiger partial charge on any atom is -0.471 e. The van der Waals surface area contributed by atoms with E-state index < -0.39 is 18.1 Å². The molecule has 0 aromatic heterocycles. The molecular weight excluding hydrogens is 358 g/mol. The first-order valence-corrected chi connectivity index (χ1v) is 11.1. The summed E-state index contributed by atoms with van der Waals surface area (Å²) in [6.45, 7) is 9.08. The maximum atomic E-state index is 6.44. The molecule has 0 bridgehead atoms. The van der Waals surface area contributed by atoms with Crippen molar-refractivity contribution < 1.29 is 23.7 Å². The highest BCUT2D eigenvalue weighted by molar-refractivity contribution is 4.97. The number of fused-ring (bicyclic) bond motifs is 1. The van der Waals surface area contributed by atoms with Gasteiger partial charge in [0, 0.05) is 6.61 Å². The van der Waals surface area contributed by atoms with Gasteiger partial charge in [0.05, 0.1) is 18.9 Å². The van der Waals surface area contributed by atoms with Crippen LogP contribution in [0, 0.1) is 0 Å². The fourth-order valence-corrected chi connectivity index (χ4v) is 3.79. The minimum absolute atomic E-state index is 0.244. The zero-order chi connectivity index (χ0) is 20.4. The average Bonchev–Trinajstić information content (AvgIpc) is 2.66. The van der Waals surface area contributed by atoms with E-state index in [0.29, 0.717) is 13.2 Å². The Bertz CT molecular complexity index is 456. The highest BCUT2D eigenvalue weighted by atomic mass is 16.8. The number of nitrogens with two attached hydrogens (primary N) is 1. The SMILES string of the molecule is C/C=C\O[C@H]1O[C@@H]2COC(C)(C)O[C@H]2[C@H](OCCCCCCCCCC)[C@H]1N. The van der Waals surface area contributed by atoms with Crippen molar-refractivity contribution in [2.45, 2.75) is 115 Å². The summed E-state index contributed by atoms with van der Waals surface area (Å²) in [5.74, 6) is -0.665. The van der Waals surface area contributed by atoms with Gasteiger partial charge in [-0.3, -0.25) is 0 Å². The van der Waals surface area contributed by atoms with E-state index in [4.69, 9.17) is 29.4 Å². The van der Waals surface area contributed by atoms with Gasteiger partial charge in [0.15, 0.2) is 5.79 Å². The molecule has 0 amide bonds. The first-order chi connectivity index (χ1) is 13.5. The van der Waals surface area contributed by atoms with Crippen molar-refractivity contribution in [3.8, 4) is 0 Å².